The van der Waals surface area contributed by atoms with Gasteiger partial charge in [-0.1, -0.05) is 48.5 Å². The lowest BCUT2D eigenvalue weighted by Gasteiger charge is -2.34. The number of likely N-dealkylation sites (tertiary alicyclic amines) is 1. The highest BCUT2D eigenvalue weighted by Crippen LogP contribution is 2.54. The molecule has 6 rings (SSSR count). The van der Waals surface area contributed by atoms with Crippen LogP contribution < -0.4 is 5.32 Å². The van der Waals surface area contributed by atoms with Crippen LogP contribution in [-0.4, -0.2) is 33.5 Å². The molecule has 1 aromatic heterocycles. The fourth-order valence-electron chi connectivity index (χ4n) is 5.20. The van der Waals surface area contributed by atoms with Crippen molar-refractivity contribution >= 4 is 17.5 Å². The summed E-state index contributed by atoms with van der Waals surface area (Å²) in [6.07, 6.45) is 2.87. The first-order valence-electron chi connectivity index (χ1n) is 10.5. The van der Waals surface area contributed by atoms with Crippen molar-refractivity contribution in [2.75, 3.05) is 11.9 Å². The van der Waals surface area contributed by atoms with Crippen molar-refractivity contribution in [1.29, 1.82) is 0 Å². The number of aromatic amines is 1. The van der Waals surface area contributed by atoms with Crippen LogP contribution in [0.25, 0.3) is 0 Å². The van der Waals surface area contributed by atoms with Gasteiger partial charge in [-0.05, 0) is 42.5 Å². The number of anilines is 1. The van der Waals surface area contributed by atoms with E-state index in [9.17, 15) is 9.59 Å². The van der Waals surface area contributed by atoms with Gasteiger partial charge >= 0.3 is 0 Å². The molecule has 2 aromatic carbocycles. The molecule has 30 heavy (non-hydrogen) atoms. The van der Waals surface area contributed by atoms with Crippen LogP contribution in [-0.2, 0) is 10.2 Å². The lowest BCUT2D eigenvalue weighted by Crippen LogP contribution is -2.42. The van der Waals surface area contributed by atoms with E-state index in [1.807, 2.05) is 65.6 Å². The summed E-state index contributed by atoms with van der Waals surface area (Å²) in [7, 11) is 0. The molecule has 2 aliphatic heterocycles. The molecule has 0 bridgehead atoms. The molecule has 2 fully saturated rings. The molecule has 150 valence electrons. The van der Waals surface area contributed by atoms with Gasteiger partial charge in [0.1, 0.15) is 11.1 Å². The summed E-state index contributed by atoms with van der Waals surface area (Å²) in [6.45, 7) is 0.506. The Bertz CT molecular complexity index is 1150. The minimum atomic E-state index is -0.788. The highest BCUT2D eigenvalue weighted by Gasteiger charge is 2.59. The van der Waals surface area contributed by atoms with Crippen LogP contribution in [0.2, 0.25) is 0 Å². The summed E-state index contributed by atoms with van der Waals surface area (Å²) in [6, 6.07) is 19.2. The molecular weight excluding hydrogens is 376 g/mol. The van der Waals surface area contributed by atoms with Gasteiger partial charge in [-0.25, -0.2) is 0 Å². The number of amides is 2. The summed E-state index contributed by atoms with van der Waals surface area (Å²) in [4.78, 5) is 28.8. The normalized spacial score (nSPS) is 24.9. The van der Waals surface area contributed by atoms with Crippen LogP contribution in [0.3, 0.4) is 0 Å². The van der Waals surface area contributed by atoms with Crippen molar-refractivity contribution in [2.45, 2.75) is 36.6 Å². The first-order valence-corrected chi connectivity index (χ1v) is 10.5. The zero-order chi connectivity index (χ0) is 20.3. The molecule has 2 N–H and O–H groups in total. The van der Waals surface area contributed by atoms with Gasteiger partial charge in [-0.2, -0.15) is 5.10 Å². The van der Waals surface area contributed by atoms with E-state index in [-0.39, 0.29) is 17.9 Å². The zero-order valence-electron chi connectivity index (χ0n) is 16.5. The Labute approximate surface area is 174 Å². The highest BCUT2D eigenvalue weighted by molar-refractivity contribution is 6.08. The van der Waals surface area contributed by atoms with Gasteiger partial charge in [-0.3, -0.25) is 14.7 Å². The predicted octanol–water partition coefficient (Wildman–Crippen LogP) is 3.76. The second-order valence-electron chi connectivity index (χ2n) is 8.52. The fraction of sp³-hybridized carbons (Fsp3) is 0.292. The number of fused-ring (bicyclic) bond motifs is 2. The third-order valence-corrected chi connectivity index (χ3v) is 6.80. The maximum Gasteiger partial charge on any atom is 0.274 e. The van der Waals surface area contributed by atoms with Crippen molar-refractivity contribution < 1.29 is 9.59 Å². The average Bonchev–Trinajstić information content (AvgIpc) is 3.26. The number of hydrogen-bond donors (Lipinski definition) is 2. The smallest absolute Gasteiger partial charge is 0.274 e. The SMILES string of the molecule is O=C(c1cc(C2CC2)[nH]n1)N1CCC2(C(=O)Nc3ccccc32)C1c1ccccc1. The minimum Gasteiger partial charge on any atom is -0.329 e. The standard InChI is InChI=1S/C24H22N4O2/c29-22(20-14-19(26-27-20)15-10-11-15)28-13-12-24(21(28)16-6-2-1-3-7-16)17-8-4-5-9-18(17)25-23(24)30/h1-9,14-15,21H,10-13H2,(H,25,30)(H,26,27). The molecule has 1 saturated carbocycles. The Balaban J connectivity index is 1.46. The fourth-order valence-corrected chi connectivity index (χ4v) is 5.20. The Kier molecular flexibility index (Phi) is 3.66. The van der Waals surface area contributed by atoms with Gasteiger partial charge < -0.3 is 10.2 Å². The number of nitrogens with one attached hydrogen (secondary N) is 2. The second-order valence-corrected chi connectivity index (χ2v) is 8.52. The minimum absolute atomic E-state index is 0.0337. The molecule has 2 amide bonds. The Morgan fingerprint density at radius 1 is 1.07 bits per heavy atom. The van der Waals surface area contributed by atoms with E-state index < -0.39 is 5.41 Å². The maximum absolute atomic E-state index is 13.6. The number of para-hydroxylation sites is 1. The van der Waals surface area contributed by atoms with Crippen molar-refractivity contribution in [3.05, 3.63) is 83.2 Å². The molecule has 3 aliphatic rings. The molecule has 1 saturated heterocycles. The van der Waals surface area contributed by atoms with Gasteiger partial charge in [0, 0.05) is 23.8 Å². The number of nitrogens with zero attached hydrogens (tertiary/aromatic N) is 2. The molecule has 2 atom stereocenters. The topological polar surface area (TPSA) is 78.1 Å². The van der Waals surface area contributed by atoms with E-state index in [1.54, 1.807) is 0 Å². The molecule has 1 aliphatic carbocycles. The molecule has 2 unspecified atom stereocenters. The average molecular weight is 398 g/mol. The largest absolute Gasteiger partial charge is 0.329 e. The predicted molar refractivity (Wildman–Crippen MR) is 112 cm³/mol. The molecule has 6 nitrogen and oxygen atoms in total. The first-order chi connectivity index (χ1) is 14.7. The highest BCUT2D eigenvalue weighted by atomic mass is 16.2. The molecule has 0 radical (unpaired) electrons. The summed E-state index contributed by atoms with van der Waals surface area (Å²) in [5.41, 5.74) is 3.46. The number of aromatic nitrogens is 2. The summed E-state index contributed by atoms with van der Waals surface area (Å²) in [5.74, 6) is 0.344. The number of rotatable bonds is 3. The summed E-state index contributed by atoms with van der Waals surface area (Å²) >= 11 is 0. The van der Waals surface area contributed by atoms with Crippen molar-refractivity contribution in [3.8, 4) is 0 Å². The maximum atomic E-state index is 13.6. The van der Waals surface area contributed by atoms with E-state index in [0.29, 0.717) is 24.6 Å². The van der Waals surface area contributed by atoms with Crippen LogP contribution in [0.5, 0.6) is 0 Å². The molecule has 3 heterocycles. The van der Waals surface area contributed by atoms with E-state index in [0.717, 1.165) is 35.3 Å². The second kappa shape index (κ2) is 6.29. The Morgan fingerprint density at radius 2 is 1.83 bits per heavy atom. The van der Waals surface area contributed by atoms with Crippen molar-refractivity contribution in [2.24, 2.45) is 0 Å². The molecular formula is C24H22N4O2. The van der Waals surface area contributed by atoms with Crippen LogP contribution in [0.15, 0.2) is 60.7 Å². The van der Waals surface area contributed by atoms with Gasteiger partial charge in [0.25, 0.3) is 5.91 Å². The van der Waals surface area contributed by atoms with Crippen LogP contribution in [0.1, 0.15) is 58.5 Å². The van der Waals surface area contributed by atoms with E-state index >= 15 is 0 Å². The molecule has 1 spiro atoms. The van der Waals surface area contributed by atoms with Crippen LogP contribution in [0.4, 0.5) is 5.69 Å². The number of hydrogen-bond acceptors (Lipinski definition) is 3. The Hall–Kier alpha value is -3.41. The van der Waals surface area contributed by atoms with E-state index in [4.69, 9.17) is 0 Å². The number of carbonyl (C=O) groups is 2. The van der Waals surface area contributed by atoms with E-state index in [1.165, 1.54) is 0 Å². The van der Waals surface area contributed by atoms with Crippen molar-refractivity contribution in [3.63, 3.8) is 0 Å². The van der Waals surface area contributed by atoms with Gasteiger partial charge in [0.15, 0.2) is 0 Å². The first kappa shape index (κ1) is 17.4. The Morgan fingerprint density at radius 3 is 2.63 bits per heavy atom. The lowest BCUT2D eigenvalue weighted by molar-refractivity contribution is -0.121. The quantitative estimate of drug-likeness (QED) is 0.705. The molecule has 3 aromatic rings. The number of benzene rings is 2. The van der Waals surface area contributed by atoms with Gasteiger partial charge in [-0.15, -0.1) is 0 Å². The van der Waals surface area contributed by atoms with Crippen molar-refractivity contribution in [1.82, 2.24) is 15.1 Å². The van der Waals surface area contributed by atoms with Gasteiger partial charge in [0.2, 0.25) is 5.91 Å². The monoisotopic (exact) mass is 398 g/mol. The van der Waals surface area contributed by atoms with Gasteiger partial charge in [0.05, 0.1) is 6.04 Å². The van der Waals surface area contributed by atoms with Crippen LogP contribution >= 0.6 is 0 Å². The van der Waals surface area contributed by atoms with E-state index in [2.05, 4.69) is 15.5 Å². The zero-order valence-corrected chi connectivity index (χ0v) is 16.5. The third kappa shape index (κ3) is 2.39. The number of H-pyrrole nitrogens is 1. The summed E-state index contributed by atoms with van der Waals surface area (Å²) < 4.78 is 0. The lowest BCUT2D eigenvalue weighted by atomic mass is 9.72. The molecule has 6 heteroatoms. The van der Waals surface area contributed by atoms with Crippen LogP contribution in [0, 0.1) is 0 Å². The summed E-state index contributed by atoms with van der Waals surface area (Å²) in [5, 5.41) is 10.4. The third-order valence-electron chi connectivity index (χ3n) is 6.80. The number of carbonyl (C=O) groups excluding carboxylic acids is 2.